The van der Waals surface area contributed by atoms with Gasteiger partial charge in [-0.1, -0.05) is 29.3 Å². The second kappa shape index (κ2) is 5.21. The standard InChI is InChI=1S/C11H9Cl2N3O/c1-14-11-15-6-5-9(16-11)17-8-4-2-3-7(12)10(8)13/h2-6H,1H3,(H,14,15,16). The van der Waals surface area contributed by atoms with Gasteiger partial charge in [-0.3, -0.25) is 0 Å². The van der Waals surface area contributed by atoms with Gasteiger partial charge in [0.05, 0.1) is 5.02 Å². The number of aromatic nitrogens is 2. The minimum atomic E-state index is 0.360. The minimum absolute atomic E-state index is 0.360. The fourth-order valence-corrected chi connectivity index (χ4v) is 1.53. The second-order valence-electron chi connectivity index (χ2n) is 3.12. The molecule has 0 fully saturated rings. The first-order chi connectivity index (χ1) is 8.20. The maximum atomic E-state index is 6.00. The molecule has 0 spiro atoms. The Morgan fingerprint density at radius 3 is 2.82 bits per heavy atom. The number of hydrogen-bond donors (Lipinski definition) is 1. The van der Waals surface area contributed by atoms with Crippen LogP contribution in [0.15, 0.2) is 30.5 Å². The lowest BCUT2D eigenvalue weighted by Gasteiger charge is -2.07. The average molecular weight is 270 g/mol. The number of halogens is 2. The fourth-order valence-electron chi connectivity index (χ4n) is 1.19. The van der Waals surface area contributed by atoms with E-state index in [1.54, 1.807) is 37.5 Å². The lowest BCUT2D eigenvalue weighted by Crippen LogP contribution is -1.97. The summed E-state index contributed by atoms with van der Waals surface area (Å²) in [6.45, 7) is 0. The van der Waals surface area contributed by atoms with Crippen molar-refractivity contribution < 1.29 is 4.74 Å². The van der Waals surface area contributed by atoms with Gasteiger partial charge in [0.1, 0.15) is 10.8 Å². The number of nitrogens with one attached hydrogen (secondary N) is 1. The Balaban J connectivity index is 2.28. The Morgan fingerprint density at radius 2 is 2.06 bits per heavy atom. The van der Waals surface area contributed by atoms with Crippen LogP contribution in [0.2, 0.25) is 10.0 Å². The van der Waals surface area contributed by atoms with Crippen LogP contribution in [0.5, 0.6) is 11.6 Å². The first-order valence-electron chi connectivity index (χ1n) is 4.83. The molecule has 4 nitrogen and oxygen atoms in total. The Bertz CT molecular complexity index is 534. The first-order valence-corrected chi connectivity index (χ1v) is 5.59. The van der Waals surface area contributed by atoms with Gasteiger partial charge in [-0.25, -0.2) is 4.98 Å². The summed E-state index contributed by atoms with van der Waals surface area (Å²) in [5.41, 5.74) is 0. The smallest absolute Gasteiger partial charge is 0.225 e. The summed E-state index contributed by atoms with van der Waals surface area (Å²) in [6.07, 6.45) is 1.59. The van der Waals surface area contributed by atoms with E-state index >= 15 is 0 Å². The second-order valence-corrected chi connectivity index (χ2v) is 3.91. The van der Waals surface area contributed by atoms with Crippen LogP contribution < -0.4 is 10.1 Å². The van der Waals surface area contributed by atoms with Gasteiger partial charge >= 0.3 is 0 Å². The molecule has 88 valence electrons. The van der Waals surface area contributed by atoms with Crippen LogP contribution in [0, 0.1) is 0 Å². The molecule has 0 unspecified atom stereocenters. The van der Waals surface area contributed by atoms with E-state index in [4.69, 9.17) is 27.9 Å². The average Bonchev–Trinajstić information content (AvgIpc) is 2.35. The van der Waals surface area contributed by atoms with Gasteiger partial charge in [-0.15, -0.1) is 0 Å². The SMILES string of the molecule is CNc1nccc(Oc2cccc(Cl)c2Cl)n1. The Kier molecular flexibility index (Phi) is 3.66. The minimum Gasteiger partial charge on any atom is -0.437 e. The maximum Gasteiger partial charge on any atom is 0.225 e. The number of nitrogens with zero attached hydrogens (tertiary/aromatic N) is 2. The molecule has 0 aliphatic heterocycles. The van der Waals surface area contributed by atoms with E-state index in [9.17, 15) is 0 Å². The van der Waals surface area contributed by atoms with Crippen molar-refractivity contribution in [3.05, 3.63) is 40.5 Å². The summed E-state index contributed by atoms with van der Waals surface area (Å²) in [7, 11) is 1.73. The molecule has 2 aromatic rings. The van der Waals surface area contributed by atoms with E-state index in [0.29, 0.717) is 27.6 Å². The van der Waals surface area contributed by atoms with E-state index in [1.165, 1.54) is 0 Å². The molecule has 0 atom stereocenters. The highest BCUT2D eigenvalue weighted by molar-refractivity contribution is 6.42. The molecule has 17 heavy (non-hydrogen) atoms. The number of anilines is 1. The predicted octanol–water partition coefficient (Wildman–Crippen LogP) is 3.62. The zero-order valence-electron chi connectivity index (χ0n) is 8.95. The highest BCUT2D eigenvalue weighted by atomic mass is 35.5. The maximum absolute atomic E-state index is 6.00. The van der Waals surface area contributed by atoms with Gasteiger partial charge in [-0.2, -0.15) is 4.98 Å². The molecule has 6 heteroatoms. The molecule has 0 amide bonds. The van der Waals surface area contributed by atoms with Crippen LogP contribution in [-0.4, -0.2) is 17.0 Å². The first kappa shape index (κ1) is 12.0. The van der Waals surface area contributed by atoms with Gasteiger partial charge in [0.25, 0.3) is 0 Å². The Labute approximate surface area is 109 Å². The number of rotatable bonds is 3. The summed E-state index contributed by atoms with van der Waals surface area (Å²) in [4.78, 5) is 8.09. The third-order valence-electron chi connectivity index (χ3n) is 1.98. The third kappa shape index (κ3) is 2.78. The summed E-state index contributed by atoms with van der Waals surface area (Å²) in [5.74, 6) is 1.33. The van der Waals surface area contributed by atoms with E-state index < -0.39 is 0 Å². The Hall–Kier alpha value is -1.52. The number of hydrogen-bond acceptors (Lipinski definition) is 4. The largest absolute Gasteiger partial charge is 0.437 e. The summed E-state index contributed by atoms with van der Waals surface area (Å²) < 4.78 is 5.52. The van der Waals surface area contributed by atoms with Crippen molar-refractivity contribution in [3.63, 3.8) is 0 Å². The quantitative estimate of drug-likeness (QED) is 0.925. The van der Waals surface area contributed by atoms with E-state index in [2.05, 4.69) is 15.3 Å². The van der Waals surface area contributed by atoms with Crippen molar-refractivity contribution in [2.45, 2.75) is 0 Å². The highest BCUT2D eigenvalue weighted by Gasteiger charge is 2.07. The summed E-state index contributed by atoms with van der Waals surface area (Å²) >= 11 is 11.9. The topological polar surface area (TPSA) is 47.0 Å². The van der Waals surface area contributed by atoms with Gasteiger partial charge in [0.2, 0.25) is 11.8 Å². The lowest BCUT2D eigenvalue weighted by molar-refractivity contribution is 0.462. The van der Waals surface area contributed by atoms with Crippen LogP contribution in [0.4, 0.5) is 5.95 Å². The number of benzene rings is 1. The molecule has 2 rings (SSSR count). The van der Waals surface area contributed by atoms with Crippen LogP contribution in [0.3, 0.4) is 0 Å². The van der Waals surface area contributed by atoms with Crippen molar-refractivity contribution in [2.75, 3.05) is 12.4 Å². The molecular weight excluding hydrogens is 261 g/mol. The van der Waals surface area contributed by atoms with Gasteiger partial charge in [0, 0.05) is 19.3 Å². The zero-order chi connectivity index (χ0) is 12.3. The summed E-state index contributed by atoms with van der Waals surface area (Å²) in [6, 6.07) is 6.80. The summed E-state index contributed by atoms with van der Waals surface area (Å²) in [5, 5.41) is 3.61. The van der Waals surface area contributed by atoms with Gasteiger partial charge in [0.15, 0.2) is 0 Å². The molecule has 0 saturated heterocycles. The normalized spacial score (nSPS) is 10.1. The van der Waals surface area contributed by atoms with Crippen molar-refractivity contribution in [2.24, 2.45) is 0 Å². The molecule has 0 aliphatic rings. The lowest BCUT2D eigenvalue weighted by atomic mass is 10.3. The molecule has 1 heterocycles. The van der Waals surface area contributed by atoms with Gasteiger partial charge in [-0.05, 0) is 12.1 Å². The van der Waals surface area contributed by atoms with Crippen LogP contribution >= 0.6 is 23.2 Å². The molecule has 1 aromatic heterocycles. The number of ether oxygens (including phenoxy) is 1. The van der Waals surface area contributed by atoms with Crippen LogP contribution in [0.25, 0.3) is 0 Å². The molecule has 0 bridgehead atoms. The van der Waals surface area contributed by atoms with E-state index in [0.717, 1.165) is 0 Å². The van der Waals surface area contributed by atoms with E-state index in [-0.39, 0.29) is 0 Å². The van der Waals surface area contributed by atoms with Crippen LogP contribution in [0.1, 0.15) is 0 Å². The van der Waals surface area contributed by atoms with Crippen molar-refractivity contribution >= 4 is 29.2 Å². The van der Waals surface area contributed by atoms with Crippen molar-refractivity contribution in [1.29, 1.82) is 0 Å². The molecule has 0 radical (unpaired) electrons. The predicted molar refractivity (Wildman–Crippen MR) is 68.1 cm³/mol. The highest BCUT2D eigenvalue weighted by Crippen LogP contribution is 2.33. The molecule has 1 aromatic carbocycles. The third-order valence-corrected chi connectivity index (χ3v) is 2.79. The van der Waals surface area contributed by atoms with Crippen molar-refractivity contribution in [3.8, 4) is 11.6 Å². The molecule has 0 saturated carbocycles. The van der Waals surface area contributed by atoms with Crippen LogP contribution in [-0.2, 0) is 0 Å². The zero-order valence-corrected chi connectivity index (χ0v) is 10.5. The van der Waals surface area contributed by atoms with Crippen molar-refractivity contribution in [1.82, 2.24) is 9.97 Å². The molecule has 1 N–H and O–H groups in total. The Morgan fingerprint density at radius 1 is 1.24 bits per heavy atom. The molecule has 0 aliphatic carbocycles. The monoisotopic (exact) mass is 269 g/mol. The fraction of sp³-hybridized carbons (Fsp3) is 0.0909. The molecular formula is C11H9Cl2N3O. The van der Waals surface area contributed by atoms with Gasteiger partial charge < -0.3 is 10.1 Å². The van der Waals surface area contributed by atoms with E-state index in [1.807, 2.05) is 0 Å².